The van der Waals surface area contributed by atoms with Crippen molar-refractivity contribution in [2.75, 3.05) is 57.0 Å². The summed E-state index contributed by atoms with van der Waals surface area (Å²) in [7, 11) is 10.1. The third kappa shape index (κ3) is 13.6. The lowest BCUT2D eigenvalue weighted by molar-refractivity contribution is 0.278. The Bertz CT molecular complexity index is 1490. The maximum Gasteiger partial charge on any atom is 0.631 e. The van der Waals surface area contributed by atoms with Gasteiger partial charge in [0, 0.05) is 59.3 Å². The van der Waals surface area contributed by atoms with Crippen molar-refractivity contribution in [3.05, 3.63) is 138 Å². The zero-order valence-electron chi connectivity index (χ0n) is 34.5. The van der Waals surface area contributed by atoms with Gasteiger partial charge in [0.25, 0.3) is 0 Å². The lowest BCUT2D eigenvalue weighted by Gasteiger charge is -2.45. The van der Waals surface area contributed by atoms with Crippen LogP contribution in [-0.2, 0) is 0 Å². The average Bonchev–Trinajstić information content (AvgIpc) is 3.21. The Morgan fingerprint density at radius 2 is 0.745 bits per heavy atom. The van der Waals surface area contributed by atoms with Gasteiger partial charge in [0.15, 0.2) is 0 Å². The van der Waals surface area contributed by atoms with E-state index in [4.69, 9.17) is 15.1 Å². The minimum absolute atomic E-state index is 0.991. The molecule has 0 aromatic heterocycles. The van der Waals surface area contributed by atoms with Gasteiger partial charge in [0.05, 0.1) is 0 Å². The average molecular weight is 746 g/mol. The summed E-state index contributed by atoms with van der Waals surface area (Å²) in [5, 5.41) is 21.5. The molecule has 6 aliphatic rings. The van der Waals surface area contributed by atoms with Crippen molar-refractivity contribution in [3.63, 3.8) is 0 Å². The van der Waals surface area contributed by atoms with E-state index in [-0.39, 0.29) is 0 Å². The Labute approximate surface area is 333 Å². The summed E-state index contributed by atoms with van der Waals surface area (Å²) in [6, 6.07) is 30.8. The van der Waals surface area contributed by atoms with Gasteiger partial charge < -0.3 is 29.8 Å². The van der Waals surface area contributed by atoms with Crippen LogP contribution in [0.25, 0.3) is 0 Å². The third-order valence-corrected chi connectivity index (χ3v) is 11.5. The second-order valence-electron chi connectivity index (χ2n) is 15.9. The van der Waals surface area contributed by atoms with Crippen LogP contribution in [0.15, 0.2) is 138 Å². The molecule has 6 nitrogen and oxygen atoms in total. The van der Waals surface area contributed by atoms with E-state index in [1.165, 1.54) is 94.1 Å². The molecule has 9 rings (SSSR count). The van der Waals surface area contributed by atoms with Crippen molar-refractivity contribution in [2.45, 2.75) is 77.0 Å². The molecule has 0 radical (unpaired) electrons. The van der Waals surface area contributed by atoms with Gasteiger partial charge in [-0.3, -0.25) is 0 Å². The first-order chi connectivity index (χ1) is 26.6. The van der Waals surface area contributed by atoms with Crippen molar-refractivity contribution in [1.29, 1.82) is 0 Å². The molecular weight excluding hydrogens is 677 g/mol. The Morgan fingerprint density at radius 3 is 1.02 bits per heavy atom. The van der Waals surface area contributed by atoms with Crippen molar-refractivity contribution < 1.29 is 15.1 Å². The number of anilines is 3. The maximum absolute atomic E-state index is 7.17. The van der Waals surface area contributed by atoms with Crippen molar-refractivity contribution in [2.24, 2.45) is 23.7 Å². The van der Waals surface area contributed by atoms with E-state index in [0.717, 1.165) is 23.7 Å². The molecule has 0 spiro atoms. The number of hydrogen-bond acceptors (Lipinski definition) is 6. The van der Waals surface area contributed by atoms with Crippen LogP contribution >= 0.6 is 0 Å². The summed E-state index contributed by atoms with van der Waals surface area (Å²) < 4.78 is 0. The molecule has 0 aliphatic heterocycles. The second-order valence-corrected chi connectivity index (χ2v) is 15.9. The quantitative estimate of drug-likeness (QED) is 0.232. The summed E-state index contributed by atoms with van der Waals surface area (Å²) in [6.45, 7) is 0. The smallest absolute Gasteiger partial charge is 0.402 e. The van der Waals surface area contributed by atoms with Gasteiger partial charge in [-0.15, -0.1) is 0 Å². The fraction of sp³-hybridized carbons (Fsp3) is 0.458. The van der Waals surface area contributed by atoms with Gasteiger partial charge in [0.2, 0.25) is 0 Å². The molecule has 0 bridgehead atoms. The predicted molar refractivity (Wildman–Crippen MR) is 236 cm³/mol. The highest BCUT2D eigenvalue weighted by atomic mass is 16.5. The van der Waals surface area contributed by atoms with Gasteiger partial charge in [-0.05, 0) is 135 Å². The summed E-state index contributed by atoms with van der Waals surface area (Å²) in [4.78, 5) is 6.25. The normalized spacial score (nSPS) is 21.8. The van der Waals surface area contributed by atoms with E-state index in [0.29, 0.717) is 0 Å². The fourth-order valence-electron chi connectivity index (χ4n) is 8.73. The minimum atomic E-state index is -2.17. The highest BCUT2D eigenvalue weighted by molar-refractivity contribution is 6.30. The Balaban J connectivity index is 0.000000150. The first kappa shape index (κ1) is 43.7. The van der Waals surface area contributed by atoms with Crippen molar-refractivity contribution in [1.82, 2.24) is 0 Å². The van der Waals surface area contributed by atoms with Gasteiger partial charge in [-0.2, -0.15) is 0 Å². The molecule has 296 valence electrons. The first-order valence-corrected chi connectivity index (χ1v) is 20.6. The molecule has 7 heteroatoms. The van der Waals surface area contributed by atoms with Crippen LogP contribution in [0.2, 0.25) is 0 Å². The van der Waals surface area contributed by atoms with E-state index >= 15 is 0 Å². The standard InChI is InChI=1S/2C12H16.3C8H11N.BH3O3/c2*1-2-6-10-9(5-1)11-7-3-4-8-12(10)11;3*1-9(2)8-6-4-3-5-7-8;2-1(3)4/h2*1,5,10,12H,2-4,6-8H2;3*3-7H,1-2H3;2-4H. The minimum Gasteiger partial charge on any atom is -0.402 e. The first-order valence-electron chi connectivity index (χ1n) is 20.6. The summed E-state index contributed by atoms with van der Waals surface area (Å²) in [5.74, 6) is 4.04. The number of hydrogen-bond donors (Lipinski definition) is 3. The Kier molecular flexibility index (Phi) is 18.4. The molecule has 3 aromatic carbocycles. The number of fused-ring (bicyclic) bond motifs is 6. The number of nitrogens with zero attached hydrogens (tertiary/aromatic N) is 3. The van der Waals surface area contributed by atoms with Crippen LogP contribution in [0.4, 0.5) is 17.1 Å². The molecule has 4 atom stereocenters. The number of benzene rings is 3. The summed E-state index contributed by atoms with van der Waals surface area (Å²) in [6.07, 6.45) is 26.8. The highest BCUT2D eigenvalue weighted by Gasteiger charge is 2.40. The molecular formula is C48H68BN3O3. The van der Waals surface area contributed by atoms with Gasteiger partial charge >= 0.3 is 7.32 Å². The molecule has 0 saturated heterocycles. The van der Waals surface area contributed by atoms with Crippen LogP contribution in [0.1, 0.15) is 77.0 Å². The van der Waals surface area contributed by atoms with Gasteiger partial charge in [-0.25, -0.2) is 0 Å². The van der Waals surface area contributed by atoms with E-state index in [1.54, 1.807) is 11.1 Å². The van der Waals surface area contributed by atoms with Crippen molar-refractivity contribution >= 4 is 24.4 Å². The predicted octanol–water partition coefficient (Wildman–Crippen LogP) is 10.1. The summed E-state index contributed by atoms with van der Waals surface area (Å²) >= 11 is 0. The van der Waals surface area contributed by atoms with Crippen LogP contribution < -0.4 is 14.7 Å². The molecule has 4 unspecified atom stereocenters. The Hall–Kier alpha value is -4.04. The van der Waals surface area contributed by atoms with Crippen LogP contribution in [-0.4, -0.2) is 64.7 Å². The molecule has 2 fully saturated rings. The van der Waals surface area contributed by atoms with E-state index in [1.807, 2.05) is 108 Å². The summed E-state index contributed by atoms with van der Waals surface area (Å²) in [5.41, 5.74) is 10.9. The Morgan fingerprint density at radius 1 is 0.436 bits per heavy atom. The molecule has 3 aromatic rings. The van der Waals surface area contributed by atoms with E-state index < -0.39 is 7.32 Å². The number of allylic oxidation sites excluding steroid dienone is 8. The zero-order valence-corrected chi connectivity index (χ0v) is 34.5. The third-order valence-electron chi connectivity index (χ3n) is 11.5. The topological polar surface area (TPSA) is 70.4 Å². The lowest BCUT2D eigenvalue weighted by atomic mass is 9.59. The maximum atomic E-state index is 7.17. The van der Waals surface area contributed by atoms with Crippen LogP contribution in [0, 0.1) is 23.7 Å². The fourth-order valence-corrected chi connectivity index (χ4v) is 8.73. The molecule has 55 heavy (non-hydrogen) atoms. The molecule has 0 amide bonds. The largest absolute Gasteiger partial charge is 0.631 e. The second kappa shape index (κ2) is 23.1. The monoisotopic (exact) mass is 746 g/mol. The van der Waals surface area contributed by atoms with Crippen LogP contribution in [0.5, 0.6) is 0 Å². The zero-order chi connectivity index (χ0) is 39.6. The van der Waals surface area contributed by atoms with Gasteiger partial charge in [-0.1, -0.05) is 103 Å². The molecule has 6 aliphatic carbocycles. The highest BCUT2D eigenvalue weighted by Crippen LogP contribution is 2.53. The van der Waals surface area contributed by atoms with E-state index in [9.17, 15) is 0 Å². The number of para-hydroxylation sites is 3. The molecule has 0 heterocycles. The number of rotatable bonds is 3. The lowest BCUT2D eigenvalue weighted by Crippen LogP contribution is -2.33. The van der Waals surface area contributed by atoms with Gasteiger partial charge in [0.1, 0.15) is 0 Å². The van der Waals surface area contributed by atoms with Crippen molar-refractivity contribution in [3.8, 4) is 0 Å². The van der Waals surface area contributed by atoms with Crippen LogP contribution in [0.3, 0.4) is 0 Å². The SMILES string of the molecule is C1=CC2=C3CCCCC3C2CC1.C1=CC2=C3CCCCC3C2CC1.CN(C)c1ccccc1.CN(C)c1ccccc1.CN(C)c1ccccc1.OB(O)O. The molecule has 3 N–H and O–H groups in total. The molecule has 2 saturated carbocycles. The van der Waals surface area contributed by atoms with E-state index in [2.05, 4.69) is 75.4 Å².